The van der Waals surface area contributed by atoms with Crippen LogP contribution in [0.2, 0.25) is 0 Å². The molecule has 116 valence electrons. The molecular weight excluding hydrogens is 285 g/mol. The van der Waals surface area contributed by atoms with E-state index in [9.17, 15) is 18.0 Å². The summed E-state index contributed by atoms with van der Waals surface area (Å²) in [6, 6.07) is 5.47. The highest BCUT2D eigenvalue weighted by molar-refractivity contribution is 5.96. The third-order valence-corrected chi connectivity index (χ3v) is 3.79. The van der Waals surface area contributed by atoms with Gasteiger partial charge in [-0.05, 0) is 25.0 Å². The molecule has 4 nitrogen and oxygen atoms in total. The Hall–Kier alpha value is -1.76. The van der Waals surface area contributed by atoms with Crippen molar-refractivity contribution in [2.45, 2.75) is 32.0 Å². The maximum atomic E-state index is 12.4. The van der Waals surface area contributed by atoms with Gasteiger partial charge in [-0.15, -0.1) is 13.2 Å². The van der Waals surface area contributed by atoms with E-state index in [-0.39, 0.29) is 18.1 Å². The lowest BCUT2D eigenvalue weighted by Gasteiger charge is -2.26. The van der Waals surface area contributed by atoms with Gasteiger partial charge in [0.05, 0.1) is 11.1 Å². The van der Waals surface area contributed by atoms with Crippen molar-refractivity contribution in [2.75, 3.05) is 11.9 Å². The maximum Gasteiger partial charge on any atom is 0.573 e. The minimum atomic E-state index is -4.81. The fourth-order valence-corrected chi connectivity index (χ4v) is 2.61. The average Bonchev–Trinajstić information content (AvgIpc) is 2.89. The summed E-state index contributed by atoms with van der Waals surface area (Å²) in [5.74, 6) is -0.774. The van der Waals surface area contributed by atoms with Crippen LogP contribution in [0.1, 0.15) is 25.7 Å². The Morgan fingerprint density at radius 3 is 2.48 bits per heavy atom. The summed E-state index contributed by atoms with van der Waals surface area (Å²) in [4.78, 5) is 12.4. The first-order chi connectivity index (χ1) is 9.86. The van der Waals surface area contributed by atoms with Crippen molar-refractivity contribution in [2.24, 2.45) is 11.1 Å². The SMILES string of the molecule is NCC1(C(=O)Nc2ccccc2OC(F)(F)F)CCCC1. The van der Waals surface area contributed by atoms with Crippen LogP contribution in [0, 0.1) is 5.41 Å². The van der Waals surface area contributed by atoms with Crippen LogP contribution in [0.5, 0.6) is 5.75 Å². The molecular formula is C14H17F3N2O2. The molecule has 0 spiro atoms. The first-order valence-corrected chi connectivity index (χ1v) is 6.73. The van der Waals surface area contributed by atoms with E-state index in [0.717, 1.165) is 18.9 Å². The van der Waals surface area contributed by atoms with Crippen LogP contribution < -0.4 is 15.8 Å². The molecule has 2 rings (SSSR count). The average molecular weight is 302 g/mol. The van der Waals surface area contributed by atoms with Crippen LogP contribution in [0.15, 0.2) is 24.3 Å². The molecule has 1 aliphatic rings. The number of carbonyl (C=O) groups is 1. The number of alkyl halides is 3. The summed E-state index contributed by atoms with van der Waals surface area (Å²) in [6.07, 6.45) is -1.72. The van der Waals surface area contributed by atoms with Crippen LogP contribution in [0.25, 0.3) is 0 Å². The van der Waals surface area contributed by atoms with Gasteiger partial charge in [0.2, 0.25) is 5.91 Å². The number of amides is 1. The molecule has 0 atom stereocenters. The highest BCUT2D eigenvalue weighted by Crippen LogP contribution is 2.39. The molecule has 0 aliphatic heterocycles. The van der Waals surface area contributed by atoms with Gasteiger partial charge in [0, 0.05) is 6.54 Å². The van der Waals surface area contributed by atoms with E-state index in [2.05, 4.69) is 10.1 Å². The van der Waals surface area contributed by atoms with Gasteiger partial charge < -0.3 is 15.8 Å². The first-order valence-electron chi connectivity index (χ1n) is 6.73. The molecule has 1 fully saturated rings. The number of carbonyl (C=O) groups excluding carboxylic acids is 1. The Labute approximate surface area is 120 Å². The van der Waals surface area contributed by atoms with Crippen LogP contribution in [-0.4, -0.2) is 18.8 Å². The number of rotatable bonds is 4. The zero-order valence-electron chi connectivity index (χ0n) is 11.4. The van der Waals surface area contributed by atoms with Crippen LogP contribution in [-0.2, 0) is 4.79 Å². The largest absolute Gasteiger partial charge is 0.573 e. The molecule has 0 saturated heterocycles. The molecule has 1 aromatic rings. The molecule has 0 unspecified atom stereocenters. The molecule has 1 saturated carbocycles. The van der Waals surface area contributed by atoms with Crippen molar-refractivity contribution in [3.63, 3.8) is 0 Å². The normalized spacial score (nSPS) is 17.5. The Balaban J connectivity index is 2.17. The number of para-hydroxylation sites is 2. The Morgan fingerprint density at radius 2 is 1.90 bits per heavy atom. The smallest absolute Gasteiger partial charge is 0.404 e. The van der Waals surface area contributed by atoms with Crippen LogP contribution >= 0.6 is 0 Å². The summed E-state index contributed by atoms with van der Waals surface area (Å²) < 4.78 is 41.0. The number of nitrogens with one attached hydrogen (secondary N) is 1. The van der Waals surface area contributed by atoms with E-state index in [1.54, 1.807) is 0 Å². The van der Waals surface area contributed by atoms with Gasteiger partial charge in [-0.25, -0.2) is 0 Å². The van der Waals surface area contributed by atoms with E-state index < -0.39 is 17.5 Å². The number of ether oxygens (including phenoxy) is 1. The number of hydrogen-bond acceptors (Lipinski definition) is 3. The second-order valence-corrected chi connectivity index (χ2v) is 5.19. The number of anilines is 1. The Bertz CT molecular complexity index is 511. The summed E-state index contributed by atoms with van der Waals surface area (Å²) in [5, 5.41) is 2.52. The van der Waals surface area contributed by atoms with Crippen molar-refractivity contribution in [3.05, 3.63) is 24.3 Å². The minimum absolute atomic E-state index is 0.000417. The summed E-state index contributed by atoms with van der Waals surface area (Å²) in [5.41, 5.74) is 5.00. The molecule has 1 amide bonds. The number of benzene rings is 1. The second-order valence-electron chi connectivity index (χ2n) is 5.19. The van der Waals surface area contributed by atoms with E-state index >= 15 is 0 Å². The predicted molar refractivity (Wildman–Crippen MR) is 71.7 cm³/mol. The van der Waals surface area contributed by atoms with Gasteiger partial charge in [0.1, 0.15) is 0 Å². The van der Waals surface area contributed by atoms with Crippen molar-refractivity contribution in [1.82, 2.24) is 0 Å². The fraction of sp³-hybridized carbons (Fsp3) is 0.500. The monoisotopic (exact) mass is 302 g/mol. The molecule has 1 aliphatic carbocycles. The molecule has 1 aromatic carbocycles. The lowest BCUT2D eigenvalue weighted by Crippen LogP contribution is -2.40. The van der Waals surface area contributed by atoms with Crippen molar-refractivity contribution < 1.29 is 22.7 Å². The quantitative estimate of drug-likeness (QED) is 0.898. The first kappa shape index (κ1) is 15.6. The van der Waals surface area contributed by atoms with Gasteiger partial charge >= 0.3 is 6.36 Å². The highest BCUT2D eigenvalue weighted by atomic mass is 19.4. The van der Waals surface area contributed by atoms with Crippen LogP contribution in [0.4, 0.5) is 18.9 Å². The van der Waals surface area contributed by atoms with Gasteiger partial charge in [-0.1, -0.05) is 25.0 Å². The van der Waals surface area contributed by atoms with Gasteiger partial charge in [-0.2, -0.15) is 0 Å². The molecule has 7 heteroatoms. The molecule has 21 heavy (non-hydrogen) atoms. The summed E-state index contributed by atoms with van der Waals surface area (Å²) in [7, 11) is 0. The Kier molecular flexibility index (Phi) is 4.41. The van der Waals surface area contributed by atoms with Crippen molar-refractivity contribution in [3.8, 4) is 5.75 Å². The third-order valence-electron chi connectivity index (χ3n) is 3.79. The molecule has 3 N–H and O–H groups in total. The van der Waals surface area contributed by atoms with E-state index in [4.69, 9.17) is 5.73 Å². The van der Waals surface area contributed by atoms with E-state index in [1.807, 2.05) is 0 Å². The van der Waals surface area contributed by atoms with E-state index in [0.29, 0.717) is 12.8 Å². The zero-order chi connectivity index (χ0) is 15.5. The zero-order valence-corrected chi connectivity index (χ0v) is 11.4. The number of nitrogens with two attached hydrogens (primary N) is 1. The second kappa shape index (κ2) is 5.93. The Morgan fingerprint density at radius 1 is 1.29 bits per heavy atom. The molecule has 0 radical (unpaired) electrons. The van der Waals surface area contributed by atoms with Crippen molar-refractivity contribution in [1.29, 1.82) is 0 Å². The lowest BCUT2D eigenvalue weighted by molar-refractivity contribution is -0.274. The fourth-order valence-electron chi connectivity index (χ4n) is 2.61. The number of halogens is 3. The minimum Gasteiger partial charge on any atom is -0.404 e. The standard InChI is InChI=1S/C14H17F3N2O2/c15-14(16,17)21-11-6-2-1-5-10(11)19-12(20)13(9-18)7-3-4-8-13/h1-2,5-6H,3-4,7-9,18H2,(H,19,20). The van der Waals surface area contributed by atoms with E-state index in [1.165, 1.54) is 18.2 Å². The highest BCUT2D eigenvalue weighted by Gasteiger charge is 2.40. The maximum absolute atomic E-state index is 12.4. The molecule has 0 heterocycles. The molecule has 0 aromatic heterocycles. The van der Waals surface area contributed by atoms with Crippen LogP contribution in [0.3, 0.4) is 0 Å². The lowest BCUT2D eigenvalue weighted by atomic mass is 9.85. The van der Waals surface area contributed by atoms with Gasteiger partial charge in [0.25, 0.3) is 0 Å². The third kappa shape index (κ3) is 3.66. The summed E-state index contributed by atoms with van der Waals surface area (Å²) >= 11 is 0. The van der Waals surface area contributed by atoms with Gasteiger partial charge in [0.15, 0.2) is 5.75 Å². The van der Waals surface area contributed by atoms with Gasteiger partial charge in [-0.3, -0.25) is 4.79 Å². The topological polar surface area (TPSA) is 64.4 Å². The summed E-state index contributed by atoms with van der Waals surface area (Å²) in [6.45, 7) is 0.182. The molecule has 0 bridgehead atoms. The van der Waals surface area contributed by atoms with Crippen molar-refractivity contribution >= 4 is 11.6 Å². The number of hydrogen-bond donors (Lipinski definition) is 2. The predicted octanol–water partition coefficient (Wildman–Crippen LogP) is 3.04.